The highest BCUT2D eigenvalue weighted by atomic mass is 16.5. The topological polar surface area (TPSA) is 63.6 Å². The molecule has 1 unspecified atom stereocenters. The van der Waals surface area contributed by atoms with Crippen molar-refractivity contribution in [1.82, 2.24) is 0 Å². The van der Waals surface area contributed by atoms with Crippen molar-refractivity contribution >= 4 is 11.9 Å². The van der Waals surface area contributed by atoms with Crippen LogP contribution in [0.4, 0.5) is 0 Å². The molecular weight excluding hydrogens is 448 g/mol. The van der Waals surface area contributed by atoms with Gasteiger partial charge in [0.1, 0.15) is 6.10 Å². The van der Waals surface area contributed by atoms with E-state index in [1.807, 2.05) is 0 Å². The van der Waals surface area contributed by atoms with Crippen LogP contribution >= 0.6 is 0 Å². The zero-order chi connectivity index (χ0) is 26.5. The van der Waals surface area contributed by atoms with Crippen LogP contribution in [0.15, 0.2) is 11.6 Å². The molecule has 4 fully saturated rings. The number of hydrogen-bond donors (Lipinski definition) is 1. The third-order valence-electron chi connectivity index (χ3n) is 13.7. The van der Waals surface area contributed by atoms with Gasteiger partial charge in [0.05, 0.1) is 5.41 Å². The lowest BCUT2D eigenvalue weighted by atomic mass is 9.33. The fourth-order valence-corrected chi connectivity index (χ4v) is 11.2. The van der Waals surface area contributed by atoms with E-state index in [1.165, 1.54) is 12.0 Å². The lowest BCUT2D eigenvalue weighted by Crippen LogP contribution is -2.65. The van der Waals surface area contributed by atoms with Gasteiger partial charge in [0.25, 0.3) is 0 Å². The van der Waals surface area contributed by atoms with Crippen molar-refractivity contribution in [3.05, 3.63) is 11.6 Å². The number of rotatable bonds is 2. The molecule has 0 aromatic carbocycles. The van der Waals surface area contributed by atoms with Crippen LogP contribution in [0, 0.1) is 56.7 Å². The van der Waals surface area contributed by atoms with E-state index in [-0.39, 0.29) is 39.7 Å². The summed E-state index contributed by atoms with van der Waals surface area (Å²) in [5.41, 5.74) is 1.30. The van der Waals surface area contributed by atoms with Gasteiger partial charge in [0, 0.05) is 12.3 Å². The van der Waals surface area contributed by atoms with E-state index >= 15 is 0 Å². The Bertz CT molecular complexity index is 981. The molecule has 0 aromatic heterocycles. The molecule has 10 atom stereocenters. The molecule has 0 aliphatic heterocycles. The summed E-state index contributed by atoms with van der Waals surface area (Å²) >= 11 is 0. The number of ether oxygens (including phenoxy) is 1. The molecule has 1 N–H and O–H groups in total. The van der Waals surface area contributed by atoms with Crippen molar-refractivity contribution in [1.29, 1.82) is 0 Å². The average Bonchev–Trinajstić information content (AvgIpc) is 2.78. The SMILES string of the molecule is CC(=O)OC1CC[C@]2(C)[C@H]3CC=C4[C@@H]5[C@@H](C)[C@H](C)CC[C@]5(C(=O)O)CC[C@@]4(C)[C@]3(C)CC[C@H]2C1(C)C. The average molecular weight is 499 g/mol. The summed E-state index contributed by atoms with van der Waals surface area (Å²) in [6.07, 6.45) is 11.7. The summed E-state index contributed by atoms with van der Waals surface area (Å²) < 4.78 is 5.88. The number of allylic oxidation sites excluding steroid dienone is 2. The third kappa shape index (κ3) is 3.17. The lowest BCUT2D eigenvalue weighted by molar-refractivity contribution is -0.214. The van der Waals surface area contributed by atoms with Crippen LogP contribution in [0.3, 0.4) is 0 Å². The second-order valence-electron chi connectivity index (χ2n) is 15.1. The van der Waals surface area contributed by atoms with Gasteiger partial charge in [-0.1, -0.05) is 60.1 Å². The fourth-order valence-electron chi connectivity index (χ4n) is 11.2. The van der Waals surface area contributed by atoms with Gasteiger partial charge in [0.2, 0.25) is 0 Å². The summed E-state index contributed by atoms with van der Waals surface area (Å²) in [6.45, 7) is 18.5. The van der Waals surface area contributed by atoms with E-state index in [4.69, 9.17) is 4.74 Å². The van der Waals surface area contributed by atoms with Crippen molar-refractivity contribution in [3.63, 3.8) is 0 Å². The van der Waals surface area contributed by atoms with Gasteiger partial charge in [-0.2, -0.15) is 0 Å². The van der Waals surface area contributed by atoms with E-state index in [2.05, 4.69) is 54.5 Å². The first kappa shape index (κ1) is 26.3. The van der Waals surface area contributed by atoms with Crippen molar-refractivity contribution in [2.45, 2.75) is 119 Å². The van der Waals surface area contributed by atoms with Gasteiger partial charge < -0.3 is 9.84 Å². The second kappa shape index (κ2) is 8.09. The fraction of sp³-hybridized carbons (Fsp3) is 0.875. The molecular formula is C32H50O4. The van der Waals surface area contributed by atoms with Crippen LogP contribution in [0.2, 0.25) is 0 Å². The van der Waals surface area contributed by atoms with Gasteiger partial charge in [0.15, 0.2) is 0 Å². The Hall–Kier alpha value is -1.32. The number of carbonyl (C=O) groups is 2. The van der Waals surface area contributed by atoms with Crippen LogP contribution < -0.4 is 0 Å². The van der Waals surface area contributed by atoms with E-state index in [0.717, 1.165) is 51.4 Å². The molecule has 4 saturated carbocycles. The molecule has 0 bridgehead atoms. The first-order chi connectivity index (χ1) is 16.6. The lowest BCUT2D eigenvalue weighted by Gasteiger charge is -2.71. The molecule has 0 heterocycles. The predicted octanol–water partition coefficient (Wildman–Crippen LogP) is 7.66. The number of carboxylic acid groups (broad SMARTS) is 1. The van der Waals surface area contributed by atoms with E-state index in [0.29, 0.717) is 23.7 Å². The van der Waals surface area contributed by atoms with E-state index in [9.17, 15) is 14.7 Å². The molecule has 5 aliphatic rings. The first-order valence-electron chi connectivity index (χ1n) is 14.8. The van der Waals surface area contributed by atoms with Gasteiger partial charge in [-0.05, 0) is 104 Å². The molecule has 5 aliphatic carbocycles. The Kier molecular flexibility index (Phi) is 5.91. The predicted molar refractivity (Wildman–Crippen MR) is 142 cm³/mol. The highest BCUT2D eigenvalue weighted by Crippen LogP contribution is 2.75. The second-order valence-corrected chi connectivity index (χ2v) is 15.1. The maximum Gasteiger partial charge on any atom is 0.310 e. The summed E-state index contributed by atoms with van der Waals surface area (Å²) in [4.78, 5) is 24.7. The maximum atomic E-state index is 12.9. The zero-order valence-corrected chi connectivity index (χ0v) is 24.1. The monoisotopic (exact) mass is 498 g/mol. The number of carbonyl (C=O) groups excluding carboxylic acids is 1. The van der Waals surface area contributed by atoms with Crippen molar-refractivity contribution < 1.29 is 19.4 Å². The molecule has 0 saturated heterocycles. The Morgan fingerprint density at radius 1 is 0.917 bits per heavy atom. The Balaban J connectivity index is 1.56. The highest BCUT2D eigenvalue weighted by Gasteiger charge is 2.69. The molecule has 0 spiro atoms. The van der Waals surface area contributed by atoms with E-state index < -0.39 is 11.4 Å². The third-order valence-corrected chi connectivity index (χ3v) is 13.7. The van der Waals surface area contributed by atoms with Crippen molar-refractivity contribution in [2.24, 2.45) is 56.7 Å². The zero-order valence-electron chi connectivity index (χ0n) is 24.1. The number of hydrogen-bond acceptors (Lipinski definition) is 3. The van der Waals surface area contributed by atoms with E-state index in [1.54, 1.807) is 6.92 Å². The van der Waals surface area contributed by atoms with Crippen molar-refractivity contribution in [3.8, 4) is 0 Å². The highest BCUT2D eigenvalue weighted by molar-refractivity contribution is 5.76. The summed E-state index contributed by atoms with van der Waals surface area (Å²) in [6, 6.07) is 0. The minimum absolute atomic E-state index is 0.00171. The molecule has 0 aromatic rings. The van der Waals surface area contributed by atoms with Crippen LogP contribution in [0.1, 0.15) is 113 Å². The molecule has 4 nitrogen and oxygen atoms in total. The largest absolute Gasteiger partial charge is 0.481 e. The number of esters is 1. The number of aliphatic carboxylic acids is 1. The Morgan fingerprint density at radius 2 is 1.61 bits per heavy atom. The van der Waals surface area contributed by atoms with Crippen LogP contribution in [-0.2, 0) is 14.3 Å². The standard InChI is InChI=1S/C32H50O4/c1-19-11-16-32(27(34)35)18-17-30(7)22(26(32)20(19)2)9-10-24-29(6)14-13-25(36-21(3)33)28(4,5)23(29)12-15-31(24,30)8/h9,19-20,23-26H,10-18H2,1-8H3,(H,34,35)/t19-,20+,23+,24-,25?,26+,29+,30-,31-,32+/m1/s1. The van der Waals surface area contributed by atoms with Crippen molar-refractivity contribution in [2.75, 3.05) is 0 Å². The van der Waals surface area contributed by atoms with Crippen LogP contribution in [0.25, 0.3) is 0 Å². The van der Waals surface area contributed by atoms with Gasteiger partial charge in [-0.25, -0.2) is 0 Å². The number of fused-ring (bicyclic) bond motifs is 7. The van der Waals surface area contributed by atoms with Crippen LogP contribution in [0.5, 0.6) is 0 Å². The summed E-state index contributed by atoms with van der Waals surface area (Å²) in [7, 11) is 0. The van der Waals surface area contributed by atoms with Gasteiger partial charge >= 0.3 is 11.9 Å². The minimum atomic E-state index is -0.578. The Morgan fingerprint density at radius 3 is 2.25 bits per heavy atom. The first-order valence-corrected chi connectivity index (χ1v) is 14.8. The Labute approximate surface area is 219 Å². The molecule has 5 rings (SSSR count). The summed E-state index contributed by atoms with van der Waals surface area (Å²) in [5.74, 6) is 1.53. The maximum absolute atomic E-state index is 12.9. The minimum Gasteiger partial charge on any atom is -0.481 e. The van der Waals surface area contributed by atoms with Crippen LogP contribution in [-0.4, -0.2) is 23.1 Å². The molecule has 4 heteroatoms. The molecule has 0 amide bonds. The summed E-state index contributed by atoms with van der Waals surface area (Å²) in [5, 5.41) is 10.6. The normalized spacial score (nSPS) is 51.5. The molecule has 202 valence electrons. The molecule has 36 heavy (non-hydrogen) atoms. The number of carboxylic acids is 1. The quantitative estimate of drug-likeness (QED) is 0.313. The van der Waals surface area contributed by atoms with Gasteiger partial charge in [-0.15, -0.1) is 0 Å². The van der Waals surface area contributed by atoms with Gasteiger partial charge in [-0.3, -0.25) is 9.59 Å². The smallest absolute Gasteiger partial charge is 0.310 e. The molecule has 0 radical (unpaired) electrons.